The molecule has 7 nitrogen and oxygen atoms in total. The average molecular weight is 351 g/mol. The van der Waals surface area contributed by atoms with Crippen LogP contribution >= 0.6 is 0 Å². The number of ether oxygens (including phenoxy) is 3. The Labute approximate surface area is 150 Å². The standard InChI is InChI=1S/C19H17N3O4/c1-13-18(26-17-10-6-5-9-16(17)25-13)19(23)24-12-14-11-20-22(21-14)15-7-3-2-4-8-15/h2-11,13,18H,12H2,1H3/t13-,18+/m1/s1. The third-order valence-corrected chi connectivity index (χ3v) is 3.96. The van der Waals surface area contributed by atoms with Gasteiger partial charge in [0.15, 0.2) is 11.5 Å². The van der Waals surface area contributed by atoms with E-state index in [1.165, 1.54) is 4.80 Å². The van der Waals surface area contributed by atoms with Crippen LogP contribution in [0.15, 0.2) is 60.8 Å². The minimum atomic E-state index is -0.825. The van der Waals surface area contributed by atoms with Crippen molar-refractivity contribution in [1.82, 2.24) is 15.0 Å². The summed E-state index contributed by atoms with van der Waals surface area (Å²) in [4.78, 5) is 13.9. The fraction of sp³-hybridized carbons (Fsp3) is 0.211. The van der Waals surface area contributed by atoms with E-state index in [0.29, 0.717) is 17.2 Å². The number of esters is 1. The highest BCUT2D eigenvalue weighted by Gasteiger charge is 2.35. The van der Waals surface area contributed by atoms with E-state index in [1.807, 2.05) is 42.5 Å². The zero-order valence-electron chi connectivity index (χ0n) is 14.1. The van der Waals surface area contributed by atoms with E-state index in [0.717, 1.165) is 5.69 Å². The van der Waals surface area contributed by atoms with Gasteiger partial charge in [0, 0.05) is 0 Å². The van der Waals surface area contributed by atoms with Crippen molar-refractivity contribution in [2.24, 2.45) is 0 Å². The van der Waals surface area contributed by atoms with Crippen molar-refractivity contribution < 1.29 is 19.0 Å². The molecular formula is C19H17N3O4. The van der Waals surface area contributed by atoms with Crippen LogP contribution in [0.25, 0.3) is 5.69 Å². The first kappa shape index (κ1) is 16.1. The van der Waals surface area contributed by atoms with Crippen molar-refractivity contribution in [1.29, 1.82) is 0 Å². The summed E-state index contributed by atoms with van der Waals surface area (Å²) in [6.07, 6.45) is 0.295. The van der Waals surface area contributed by atoms with Crippen molar-refractivity contribution in [3.63, 3.8) is 0 Å². The van der Waals surface area contributed by atoms with Crippen LogP contribution in [0, 0.1) is 0 Å². The molecule has 0 radical (unpaired) electrons. The lowest BCUT2D eigenvalue weighted by Crippen LogP contribution is -2.44. The number of para-hydroxylation sites is 3. The molecule has 2 heterocycles. The Balaban J connectivity index is 1.39. The average Bonchev–Trinajstić information content (AvgIpc) is 3.15. The van der Waals surface area contributed by atoms with Crippen molar-refractivity contribution in [2.45, 2.75) is 25.7 Å². The summed E-state index contributed by atoms with van der Waals surface area (Å²) in [7, 11) is 0. The van der Waals surface area contributed by atoms with Gasteiger partial charge in [-0.05, 0) is 31.2 Å². The number of nitrogens with zero attached hydrogens (tertiary/aromatic N) is 3. The molecule has 1 aromatic heterocycles. The summed E-state index contributed by atoms with van der Waals surface area (Å²) in [5, 5.41) is 8.49. The summed E-state index contributed by atoms with van der Waals surface area (Å²) in [5.41, 5.74) is 1.38. The smallest absolute Gasteiger partial charge is 0.351 e. The van der Waals surface area contributed by atoms with E-state index in [1.54, 1.807) is 25.3 Å². The predicted octanol–water partition coefficient (Wildman–Crippen LogP) is 2.54. The van der Waals surface area contributed by atoms with Gasteiger partial charge in [-0.3, -0.25) is 0 Å². The minimum Gasteiger partial charge on any atom is -0.482 e. The van der Waals surface area contributed by atoms with Gasteiger partial charge in [0.1, 0.15) is 18.4 Å². The van der Waals surface area contributed by atoms with E-state index < -0.39 is 18.2 Å². The molecule has 0 bridgehead atoms. The van der Waals surface area contributed by atoms with Gasteiger partial charge in [-0.15, -0.1) is 5.10 Å². The van der Waals surface area contributed by atoms with Crippen molar-refractivity contribution in [3.8, 4) is 17.2 Å². The van der Waals surface area contributed by atoms with Crippen LogP contribution in [0.5, 0.6) is 11.5 Å². The monoisotopic (exact) mass is 351 g/mol. The van der Waals surface area contributed by atoms with Crippen LogP contribution in [0.3, 0.4) is 0 Å². The van der Waals surface area contributed by atoms with E-state index in [-0.39, 0.29) is 6.61 Å². The SMILES string of the molecule is C[C@H]1Oc2ccccc2O[C@@H]1C(=O)OCc1cnn(-c2ccccc2)n1. The molecule has 26 heavy (non-hydrogen) atoms. The Morgan fingerprint density at radius 3 is 2.54 bits per heavy atom. The highest BCUT2D eigenvalue weighted by Crippen LogP contribution is 2.33. The van der Waals surface area contributed by atoms with E-state index in [9.17, 15) is 4.79 Å². The zero-order chi connectivity index (χ0) is 17.9. The normalized spacial score (nSPS) is 18.3. The molecule has 3 aromatic rings. The number of carbonyl (C=O) groups excluding carboxylic acids is 1. The summed E-state index contributed by atoms with van der Waals surface area (Å²) in [5.74, 6) is 0.652. The second-order valence-electron chi connectivity index (χ2n) is 5.88. The maximum atomic E-state index is 12.4. The molecule has 132 valence electrons. The van der Waals surface area contributed by atoms with Crippen LogP contribution in [0.1, 0.15) is 12.6 Å². The first-order valence-corrected chi connectivity index (χ1v) is 8.26. The van der Waals surface area contributed by atoms with Crippen LogP contribution in [-0.4, -0.2) is 33.2 Å². The molecular weight excluding hydrogens is 334 g/mol. The van der Waals surface area contributed by atoms with Crippen molar-refractivity contribution in [3.05, 3.63) is 66.5 Å². The Bertz CT molecular complexity index is 910. The molecule has 0 unspecified atom stereocenters. The van der Waals surface area contributed by atoms with Gasteiger partial charge < -0.3 is 14.2 Å². The second-order valence-corrected chi connectivity index (χ2v) is 5.88. The number of aromatic nitrogens is 3. The summed E-state index contributed by atoms with van der Waals surface area (Å²) in [6.45, 7) is 1.79. The van der Waals surface area contributed by atoms with Crippen molar-refractivity contribution in [2.75, 3.05) is 0 Å². The number of fused-ring (bicyclic) bond motifs is 1. The fourth-order valence-corrected chi connectivity index (χ4v) is 2.65. The van der Waals surface area contributed by atoms with E-state index in [4.69, 9.17) is 14.2 Å². The maximum Gasteiger partial charge on any atom is 0.351 e. The third kappa shape index (κ3) is 3.23. The van der Waals surface area contributed by atoms with Gasteiger partial charge in [0.2, 0.25) is 6.10 Å². The molecule has 0 fully saturated rings. The molecule has 1 aliphatic heterocycles. The number of carbonyl (C=O) groups is 1. The Hall–Kier alpha value is -3.35. The van der Waals surface area contributed by atoms with Gasteiger partial charge in [-0.25, -0.2) is 4.79 Å². The molecule has 0 saturated carbocycles. The lowest BCUT2D eigenvalue weighted by atomic mass is 10.2. The molecule has 0 N–H and O–H groups in total. The maximum absolute atomic E-state index is 12.4. The number of hydrogen-bond donors (Lipinski definition) is 0. The molecule has 0 amide bonds. The molecule has 2 atom stereocenters. The van der Waals surface area contributed by atoms with Crippen LogP contribution in [0.4, 0.5) is 0 Å². The minimum absolute atomic E-state index is 0.0138. The van der Waals surface area contributed by atoms with Crippen molar-refractivity contribution >= 4 is 5.97 Å². The van der Waals surface area contributed by atoms with Gasteiger partial charge in [-0.1, -0.05) is 30.3 Å². The Kier molecular flexibility index (Phi) is 4.27. The number of benzene rings is 2. The Morgan fingerprint density at radius 1 is 1.08 bits per heavy atom. The molecule has 0 spiro atoms. The largest absolute Gasteiger partial charge is 0.482 e. The molecule has 4 rings (SSSR count). The van der Waals surface area contributed by atoms with Gasteiger partial charge in [-0.2, -0.15) is 9.90 Å². The predicted molar refractivity (Wildman–Crippen MR) is 92.1 cm³/mol. The van der Waals surface area contributed by atoms with E-state index >= 15 is 0 Å². The highest BCUT2D eigenvalue weighted by atomic mass is 16.6. The van der Waals surface area contributed by atoms with Gasteiger partial charge in [0.25, 0.3) is 0 Å². The quantitative estimate of drug-likeness (QED) is 0.673. The van der Waals surface area contributed by atoms with Crippen LogP contribution < -0.4 is 9.47 Å². The molecule has 7 heteroatoms. The molecule has 1 aliphatic rings. The third-order valence-electron chi connectivity index (χ3n) is 3.96. The summed E-state index contributed by atoms with van der Waals surface area (Å²) < 4.78 is 16.8. The molecule has 0 saturated heterocycles. The van der Waals surface area contributed by atoms with Gasteiger partial charge >= 0.3 is 5.97 Å². The number of rotatable bonds is 4. The fourth-order valence-electron chi connectivity index (χ4n) is 2.65. The number of hydrogen-bond acceptors (Lipinski definition) is 6. The summed E-state index contributed by atoms with van der Waals surface area (Å²) >= 11 is 0. The second kappa shape index (κ2) is 6.87. The topological polar surface area (TPSA) is 75.5 Å². The van der Waals surface area contributed by atoms with Gasteiger partial charge in [0.05, 0.1) is 11.9 Å². The Morgan fingerprint density at radius 2 is 1.77 bits per heavy atom. The highest BCUT2D eigenvalue weighted by molar-refractivity contribution is 5.76. The molecule has 2 aromatic carbocycles. The first-order valence-electron chi connectivity index (χ1n) is 8.26. The van der Waals surface area contributed by atoms with Crippen LogP contribution in [0.2, 0.25) is 0 Å². The summed E-state index contributed by atoms with van der Waals surface area (Å²) in [6, 6.07) is 16.7. The van der Waals surface area contributed by atoms with E-state index in [2.05, 4.69) is 10.2 Å². The first-order chi connectivity index (χ1) is 12.7. The van der Waals surface area contributed by atoms with Crippen LogP contribution in [-0.2, 0) is 16.1 Å². The molecule has 0 aliphatic carbocycles. The lowest BCUT2D eigenvalue weighted by molar-refractivity contribution is -0.159. The lowest BCUT2D eigenvalue weighted by Gasteiger charge is -2.30. The zero-order valence-corrected chi connectivity index (χ0v) is 14.1.